The smallest absolute Gasteiger partial charge is 0.323 e. The number of aromatic nitrogens is 2. The monoisotopic (exact) mass is 698 g/mol. The van der Waals surface area contributed by atoms with E-state index in [1.165, 1.54) is 14.2 Å². The van der Waals surface area contributed by atoms with E-state index in [-0.39, 0.29) is 12.6 Å². The molecule has 1 aromatic heterocycles. The van der Waals surface area contributed by atoms with Gasteiger partial charge in [0.1, 0.15) is 18.4 Å². The zero-order valence-electron chi connectivity index (χ0n) is 26.8. The highest BCUT2D eigenvalue weighted by Gasteiger charge is 2.31. The van der Waals surface area contributed by atoms with E-state index in [0.29, 0.717) is 43.4 Å². The number of halogens is 1. The number of benzene rings is 2. The molecule has 2 fully saturated rings. The molecule has 46 heavy (non-hydrogen) atoms. The first-order valence-corrected chi connectivity index (χ1v) is 16.6. The zero-order valence-corrected chi connectivity index (χ0v) is 28.4. The Hall–Kier alpha value is -3.45. The van der Waals surface area contributed by atoms with E-state index in [0.717, 1.165) is 84.6 Å². The van der Waals surface area contributed by atoms with Crippen molar-refractivity contribution in [2.75, 3.05) is 60.2 Å². The van der Waals surface area contributed by atoms with Crippen molar-refractivity contribution >= 4 is 21.9 Å². The lowest BCUT2D eigenvalue weighted by Gasteiger charge is -2.33. The Bertz CT molecular complexity index is 1460. The summed E-state index contributed by atoms with van der Waals surface area (Å²) >= 11 is 3.82. The van der Waals surface area contributed by atoms with Gasteiger partial charge in [0.25, 0.3) is 0 Å². The predicted molar refractivity (Wildman–Crippen MR) is 177 cm³/mol. The molecular weight excluding hydrogens is 656 g/mol. The van der Waals surface area contributed by atoms with Gasteiger partial charge in [-0.15, -0.1) is 0 Å². The van der Waals surface area contributed by atoms with E-state index in [1.807, 2.05) is 29.2 Å². The number of likely N-dealkylation sites (tertiary alicyclic amines) is 1. The van der Waals surface area contributed by atoms with Crippen molar-refractivity contribution in [3.05, 3.63) is 57.6 Å². The van der Waals surface area contributed by atoms with Crippen molar-refractivity contribution in [3.63, 3.8) is 0 Å². The lowest BCUT2D eigenvalue weighted by molar-refractivity contribution is -0.144. The Morgan fingerprint density at radius 3 is 2.43 bits per heavy atom. The van der Waals surface area contributed by atoms with Gasteiger partial charge in [-0.2, -0.15) is 9.97 Å². The molecule has 0 unspecified atom stereocenters. The normalized spacial score (nSPS) is 17.4. The van der Waals surface area contributed by atoms with E-state index in [2.05, 4.69) is 49.9 Å². The summed E-state index contributed by atoms with van der Waals surface area (Å²) in [5.41, 5.74) is 4.67. The highest BCUT2D eigenvalue weighted by Crippen LogP contribution is 2.37. The minimum atomic E-state index is -0.833. The number of piperidine rings is 1. The average Bonchev–Trinajstić information content (AvgIpc) is 3.08. The number of carboxylic acids is 1. The minimum Gasteiger partial charge on any atom is -0.493 e. The highest BCUT2D eigenvalue weighted by atomic mass is 79.9. The van der Waals surface area contributed by atoms with E-state index >= 15 is 0 Å². The molecule has 2 aliphatic rings. The summed E-state index contributed by atoms with van der Waals surface area (Å²) in [5.74, 6) is 0.628. The van der Waals surface area contributed by atoms with E-state index < -0.39 is 12.0 Å². The summed E-state index contributed by atoms with van der Waals surface area (Å²) in [6.07, 6.45) is 3.37. The van der Waals surface area contributed by atoms with Gasteiger partial charge in [-0.05, 0) is 71.4 Å². The van der Waals surface area contributed by atoms with Crippen molar-refractivity contribution in [2.45, 2.75) is 51.8 Å². The van der Waals surface area contributed by atoms with Gasteiger partial charge < -0.3 is 28.8 Å². The zero-order chi connectivity index (χ0) is 32.5. The van der Waals surface area contributed by atoms with Crippen LogP contribution >= 0.6 is 15.9 Å². The fourth-order valence-corrected chi connectivity index (χ4v) is 6.62. The molecule has 11 nitrogen and oxygen atoms in total. The van der Waals surface area contributed by atoms with Crippen LogP contribution in [0.25, 0.3) is 11.1 Å². The van der Waals surface area contributed by atoms with Crippen molar-refractivity contribution in [3.8, 4) is 34.6 Å². The van der Waals surface area contributed by atoms with Crippen LogP contribution in [0.1, 0.15) is 42.4 Å². The molecule has 0 bridgehead atoms. The third-order valence-electron chi connectivity index (χ3n) is 8.55. The van der Waals surface area contributed by atoms with Gasteiger partial charge in [-0.3, -0.25) is 14.6 Å². The quantitative estimate of drug-likeness (QED) is 0.220. The molecule has 0 radical (unpaired) electrons. The lowest BCUT2D eigenvalue weighted by Crippen LogP contribution is -2.44. The Balaban J connectivity index is 1.27. The van der Waals surface area contributed by atoms with Crippen LogP contribution in [0.3, 0.4) is 0 Å². The van der Waals surface area contributed by atoms with Gasteiger partial charge >= 0.3 is 12.0 Å². The van der Waals surface area contributed by atoms with Gasteiger partial charge in [-0.25, -0.2) is 0 Å². The number of rotatable bonds is 14. The number of carbonyl (C=O) groups is 1. The molecule has 0 aliphatic carbocycles. The molecule has 3 aromatic rings. The van der Waals surface area contributed by atoms with E-state index in [1.54, 1.807) is 0 Å². The summed E-state index contributed by atoms with van der Waals surface area (Å²) in [7, 11) is 3.04. The van der Waals surface area contributed by atoms with Crippen LogP contribution in [0.4, 0.5) is 0 Å². The highest BCUT2D eigenvalue weighted by molar-refractivity contribution is 9.10. The van der Waals surface area contributed by atoms with Gasteiger partial charge in [-0.1, -0.05) is 36.8 Å². The van der Waals surface area contributed by atoms with Crippen LogP contribution in [0, 0.1) is 6.92 Å². The molecule has 2 aliphatic heterocycles. The van der Waals surface area contributed by atoms with E-state index in [9.17, 15) is 9.90 Å². The van der Waals surface area contributed by atoms with Crippen molar-refractivity contribution < 1.29 is 33.6 Å². The standard InChI is InChI=1S/C34H43BrN4O7/c1-23-25(10-7-13-29(23)45-18-8-14-38-16-19-44-20-17-38)26-11-6-9-24(30(26)35)22-46-34-36-31(42-2)27(32(37-34)43-3)21-39-15-5-4-12-28(39)33(40)41/h6-7,9-11,13,28H,4-5,8,12,14-22H2,1-3H3,(H,40,41)/t28-/m0/s1. The number of morpholine rings is 1. The average molecular weight is 700 g/mol. The summed E-state index contributed by atoms with van der Waals surface area (Å²) < 4.78 is 29.8. The Labute approximate surface area is 278 Å². The molecule has 2 saturated heterocycles. The van der Waals surface area contributed by atoms with Gasteiger partial charge in [0.05, 0.1) is 39.6 Å². The number of hydrogen-bond acceptors (Lipinski definition) is 10. The van der Waals surface area contributed by atoms with Crippen LogP contribution in [0.2, 0.25) is 0 Å². The summed E-state index contributed by atoms with van der Waals surface area (Å²) in [6.45, 7) is 8.47. The number of carboxylic acid groups (broad SMARTS) is 1. The summed E-state index contributed by atoms with van der Waals surface area (Å²) in [5, 5.41) is 9.72. The largest absolute Gasteiger partial charge is 0.493 e. The van der Waals surface area contributed by atoms with Gasteiger partial charge in [0.2, 0.25) is 11.8 Å². The number of hydrogen-bond donors (Lipinski definition) is 1. The number of nitrogens with zero attached hydrogens (tertiary/aromatic N) is 4. The Morgan fingerprint density at radius 1 is 1.00 bits per heavy atom. The molecule has 248 valence electrons. The number of aliphatic carboxylic acids is 1. The molecule has 2 aromatic carbocycles. The molecule has 1 atom stereocenters. The first-order chi connectivity index (χ1) is 22.4. The molecule has 3 heterocycles. The number of methoxy groups -OCH3 is 2. The Kier molecular flexibility index (Phi) is 12.1. The SMILES string of the molecule is COc1nc(OCc2cccc(-c3cccc(OCCCN4CCOCC4)c3C)c2Br)nc(OC)c1CN1CCCC[C@H]1C(=O)O. The first kappa shape index (κ1) is 33.9. The second kappa shape index (κ2) is 16.4. The fraction of sp³-hybridized carbons (Fsp3) is 0.500. The Morgan fingerprint density at radius 2 is 1.72 bits per heavy atom. The van der Waals surface area contributed by atoms with Crippen molar-refractivity contribution in [1.82, 2.24) is 19.8 Å². The maximum Gasteiger partial charge on any atom is 0.323 e. The number of ether oxygens (including phenoxy) is 5. The van der Waals surface area contributed by atoms with Gasteiger partial charge in [0.15, 0.2) is 0 Å². The molecular formula is C34H43BrN4O7. The third-order valence-corrected chi connectivity index (χ3v) is 9.48. The maximum atomic E-state index is 11.8. The van der Waals surface area contributed by atoms with Crippen LogP contribution in [0.15, 0.2) is 40.9 Å². The second-order valence-corrected chi connectivity index (χ2v) is 12.3. The van der Waals surface area contributed by atoms with Gasteiger partial charge in [0, 0.05) is 36.2 Å². The molecule has 0 amide bonds. The maximum absolute atomic E-state index is 11.8. The molecule has 12 heteroatoms. The van der Waals surface area contributed by atoms with Crippen LogP contribution in [-0.4, -0.2) is 97.1 Å². The van der Waals surface area contributed by atoms with Crippen molar-refractivity contribution in [2.24, 2.45) is 0 Å². The first-order valence-electron chi connectivity index (χ1n) is 15.8. The summed E-state index contributed by atoms with van der Waals surface area (Å²) in [4.78, 5) is 25.2. The van der Waals surface area contributed by atoms with Crippen LogP contribution in [0.5, 0.6) is 23.5 Å². The third kappa shape index (κ3) is 8.28. The van der Waals surface area contributed by atoms with Crippen LogP contribution in [-0.2, 0) is 22.7 Å². The molecule has 0 saturated carbocycles. The van der Waals surface area contributed by atoms with E-state index in [4.69, 9.17) is 23.7 Å². The van der Waals surface area contributed by atoms with Crippen molar-refractivity contribution in [1.29, 1.82) is 0 Å². The molecule has 0 spiro atoms. The lowest BCUT2D eigenvalue weighted by atomic mass is 9.98. The minimum absolute atomic E-state index is 0.104. The molecule has 5 rings (SSSR count). The molecule has 1 N–H and O–H groups in total. The second-order valence-electron chi connectivity index (χ2n) is 11.5. The predicted octanol–water partition coefficient (Wildman–Crippen LogP) is 5.35. The van der Waals surface area contributed by atoms with Crippen LogP contribution < -0.4 is 18.9 Å². The fourth-order valence-electron chi connectivity index (χ4n) is 6.02. The summed E-state index contributed by atoms with van der Waals surface area (Å²) in [6, 6.07) is 11.7. The topological polar surface area (TPSA) is 116 Å².